The predicted octanol–water partition coefficient (Wildman–Crippen LogP) is -1.17. The van der Waals surface area contributed by atoms with Crippen molar-refractivity contribution in [1.29, 1.82) is 5.41 Å². The van der Waals surface area contributed by atoms with Gasteiger partial charge in [-0.1, -0.05) is 6.92 Å². The first-order valence-corrected chi connectivity index (χ1v) is 5.20. The molecule has 94 valence electrons. The van der Waals surface area contributed by atoms with E-state index in [-0.39, 0.29) is 18.0 Å². The van der Waals surface area contributed by atoms with Crippen molar-refractivity contribution in [2.24, 2.45) is 16.6 Å². The van der Waals surface area contributed by atoms with Crippen LogP contribution in [0.2, 0.25) is 0 Å². The third-order valence-corrected chi connectivity index (χ3v) is 1.53. The topological polar surface area (TPSA) is 128 Å². The van der Waals surface area contributed by atoms with Crippen molar-refractivity contribution in [3.8, 4) is 0 Å². The number of hydrogen-bond donors (Lipinski definition) is 6. The van der Waals surface area contributed by atoms with E-state index < -0.39 is 0 Å². The summed E-state index contributed by atoms with van der Waals surface area (Å²) < 4.78 is 0. The van der Waals surface area contributed by atoms with Crippen LogP contribution in [0.4, 0.5) is 0 Å². The number of rotatable bonds is 6. The lowest BCUT2D eigenvalue weighted by Crippen LogP contribution is -2.50. The summed E-state index contributed by atoms with van der Waals surface area (Å²) in [4.78, 5) is 0. The van der Waals surface area contributed by atoms with E-state index >= 15 is 0 Å². The molecule has 0 aliphatic rings. The highest BCUT2D eigenvalue weighted by molar-refractivity contribution is 5.77. The smallest absolute Gasteiger partial charge is 0.227 e. The monoisotopic (exact) mass is 230 g/mol. The molecular formula is C8H22N8. The average Bonchev–Trinajstić information content (AvgIpc) is 2.16. The molecule has 16 heavy (non-hydrogen) atoms. The Balaban J connectivity index is 4.22. The molecule has 0 aliphatic heterocycles. The van der Waals surface area contributed by atoms with E-state index in [2.05, 4.69) is 21.4 Å². The molecule has 0 aromatic rings. The van der Waals surface area contributed by atoms with Crippen molar-refractivity contribution >= 4 is 11.9 Å². The van der Waals surface area contributed by atoms with Crippen molar-refractivity contribution in [3.63, 3.8) is 0 Å². The van der Waals surface area contributed by atoms with Gasteiger partial charge in [-0.15, -0.1) is 5.10 Å². The van der Waals surface area contributed by atoms with Gasteiger partial charge < -0.3 is 11.5 Å². The quantitative estimate of drug-likeness (QED) is 0.148. The summed E-state index contributed by atoms with van der Waals surface area (Å²) in [6, 6.07) is 0.0235. The maximum absolute atomic E-state index is 7.11. The van der Waals surface area contributed by atoms with Crippen LogP contribution in [0.15, 0.2) is 5.10 Å². The summed E-state index contributed by atoms with van der Waals surface area (Å²) in [6.07, 6.45) is 0.986. The molecule has 0 heterocycles. The van der Waals surface area contributed by atoms with Gasteiger partial charge in [0.05, 0.1) is 6.04 Å². The Kier molecular flexibility index (Phi) is 6.77. The molecule has 8 N–H and O–H groups in total. The van der Waals surface area contributed by atoms with Crippen LogP contribution in [-0.2, 0) is 0 Å². The maximum Gasteiger partial charge on any atom is 0.227 e. The van der Waals surface area contributed by atoms with Gasteiger partial charge in [-0.05, 0) is 20.3 Å². The Labute approximate surface area is 95.9 Å². The Hall–Kier alpha value is -1.70. The van der Waals surface area contributed by atoms with Gasteiger partial charge in [0.25, 0.3) is 0 Å². The van der Waals surface area contributed by atoms with Gasteiger partial charge in [0.15, 0.2) is 0 Å². The summed E-state index contributed by atoms with van der Waals surface area (Å²) in [5, 5.41) is 12.5. The van der Waals surface area contributed by atoms with Gasteiger partial charge in [-0.2, -0.15) is 5.12 Å². The molecule has 8 nitrogen and oxygen atoms in total. The van der Waals surface area contributed by atoms with E-state index in [0.29, 0.717) is 0 Å². The van der Waals surface area contributed by atoms with Gasteiger partial charge in [0, 0.05) is 6.54 Å². The van der Waals surface area contributed by atoms with Crippen LogP contribution >= 0.6 is 0 Å². The molecule has 0 unspecified atom stereocenters. The van der Waals surface area contributed by atoms with E-state index in [1.54, 1.807) is 0 Å². The third-order valence-electron chi connectivity index (χ3n) is 1.53. The molecule has 0 saturated carbocycles. The minimum atomic E-state index is -0.188. The second kappa shape index (κ2) is 7.57. The number of guanidine groups is 2. The van der Waals surface area contributed by atoms with Crippen LogP contribution in [0.3, 0.4) is 0 Å². The van der Waals surface area contributed by atoms with Gasteiger partial charge in [-0.3, -0.25) is 16.3 Å². The standard InChI is InChI=1S/C8H22N8/c1-4-5-12-13-8(11)15-16(6(2)3)14-7(9)10/h6,12H,4-5H2,1-3H3,(H4,9,10,14)(H3,11,13,15). The first kappa shape index (κ1) is 14.3. The fourth-order valence-electron chi connectivity index (χ4n) is 0.812. The lowest BCUT2D eigenvalue weighted by atomic mass is 10.4. The minimum absolute atomic E-state index is 0.0235. The van der Waals surface area contributed by atoms with Crippen molar-refractivity contribution < 1.29 is 0 Å². The third kappa shape index (κ3) is 6.71. The summed E-state index contributed by atoms with van der Waals surface area (Å²) in [5.74, 6) is 0.0164. The van der Waals surface area contributed by atoms with Crippen molar-refractivity contribution in [1.82, 2.24) is 21.4 Å². The van der Waals surface area contributed by atoms with Crippen LogP contribution in [0.1, 0.15) is 27.2 Å². The van der Waals surface area contributed by atoms with Crippen LogP contribution in [0.25, 0.3) is 0 Å². The molecule has 0 aromatic heterocycles. The summed E-state index contributed by atoms with van der Waals surface area (Å²) in [7, 11) is 0. The number of nitrogens with two attached hydrogens (primary N) is 2. The maximum atomic E-state index is 7.11. The summed E-state index contributed by atoms with van der Waals surface area (Å²) in [6.45, 7) is 6.62. The highest BCUT2D eigenvalue weighted by Crippen LogP contribution is 1.92. The van der Waals surface area contributed by atoms with Crippen molar-refractivity contribution in [2.45, 2.75) is 33.2 Å². The molecule has 0 aromatic carbocycles. The average molecular weight is 230 g/mol. The largest absolute Gasteiger partial charge is 0.369 e. The van der Waals surface area contributed by atoms with Crippen LogP contribution in [-0.4, -0.2) is 29.6 Å². The SMILES string of the molecule is CCCNNC(N)=NN(NC(=N)N)C(C)C. The molecule has 0 rings (SSSR count). The van der Waals surface area contributed by atoms with Gasteiger partial charge in [-0.25, -0.2) is 5.43 Å². The fraction of sp³-hybridized carbons (Fsp3) is 0.750. The van der Waals surface area contributed by atoms with Gasteiger partial charge in [0.1, 0.15) is 0 Å². The lowest BCUT2D eigenvalue weighted by Gasteiger charge is -2.24. The molecule has 0 saturated heterocycles. The molecule has 0 amide bonds. The van der Waals surface area contributed by atoms with E-state index in [0.717, 1.165) is 13.0 Å². The first-order valence-electron chi connectivity index (χ1n) is 5.20. The molecule has 0 aliphatic carbocycles. The number of hydrogen-bond acceptors (Lipinski definition) is 4. The van der Waals surface area contributed by atoms with Crippen molar-refractivity contribution in [3.05, 3.63) is 0 Å². The van der Waals surface area contributed by atoms with Crippen LogP contribution < -0.4 is 27.7 Å². The molecule has 8 heteroatoms. The second-order valence-corrected chi connectivity index (χ2v) is 3.50. The van der Waals surface area contributed by atoms with Crippen LogP contribution in [0, 0.1) is 5.41 Å². The normalized spacial score (nSPS) is 11.4. The Morgan fingerprint density at radius 2 is 2.06 bits per heavy atom. The second-order valence-electron chi connectivity index (χ2n) is 3.50. The molecule has 0 bridgehead atoms. The van der Waals surface area contributed by atoms with Crippen LogP contribution in [0.5, 0.6) is 0 Å². The number of nitrogens with zero attached hydrogens (tertiary/aromatic N) is 2. The number of nitrogens with one attached hydrogen (secondary N) is 4. The number of hydrazine groups is 2. The fourth-order valence-corrected chi connectivity index (χ4v) is 0.812. The zero-order valence-corrected chi connectivity index (χ0v) is 10.0. The Bertz CT molecular complexity index is 236. The van der Waals surface area contributed by atoms with E-state index in [1.165, 1.54) is 5.12 Å². The Morgan fingerprint density at radius 3 is 2.50 bits per heavy atom. The molecule has 0 radical (unpaired) electrons. The van der Waals surface area contributed by atoms with E-state index in [4.69, 9.17) is 16.9 Å². The lowest BCUT2D eigenvalue weighted by molar-refractivity contribution is 0.191. The van der Waals surface area contributed by atoms with E-state index in [1.807, 2.05) is 20.8 Å². The molecule has 0 atom stereocenters. The first-order chi connectivity index (χ1) is 7.47. The zero-order valence-electron chi connectivity index (χ0n) is 10.0. The summed E-state index contributed by atoms with van der Waals surface area (Å²) >= 11 is 0. The van der Waals surface area contributed by atoms with Crippen molar-refractivity contribution in [2.75, 3.05) is 6.54 Å². The molecule has 0 fully saturated rings. The molecular weight excluding hydrogens is 208 g/mol. The number of hydrazone groups is 1. The highest BCUT2D eigenvalue weighted by atomic mass is 15.7. The summed E-state index contributed by atoms with van der Waals surface area (Å²) in [5.41, 5.74) is 19.0. The zero-order chi connectivity index (χ0) is 12.6. The Morgan fingerprint density at radius 1 is 1.44 bits per heavy atom. The van der Waals surface area contributed by atoms with Gasteiger partial charge in [0.2, 0.25) is 11.9 Å². The van der Waals surface area contributed by atoms with E-state index in [9.17, 15) is 0 Å². The van der Waals surface area contributed by atoms with Gasteiger partial charge >= 0.3 is 0 Å². The predicted molar refractivity (Wildman–Crippen MR) is 65.1 cm³/mol. The molecule has 0 spiro atoms. The highest BCUT2D eigenvalue weighted by Gasteiger charge is 2.07. The minimum Gasteiger partial charge on any atom is -0.369 e.